The van der Waals surface area contributed by atoms with E-state index in [0.29, 0.717) is 5.56 Å². The molecule has 1 aromatic carbocycles. The van der Waals surface area contributed by atoms with Gasteiger partial charge >= 0.3 is 5.97 Å². The molecule has 0 aromatic heterocycles. The highest BCUT2D eigenvalue weighted by Gasteiger charge is 2.13. The van der Waals surface area contributed by atoms with Gasteiger partial charge in [0, 0.05) is 5.56 Å². The van der Waals surface area contributed by atoms with Crippen molar-refractivity contribution in [2.24, 2.45) is 0 Å². The van der Waals surface area contributed by atoms with Crippen molar-refractivity contribution in [3.8, 4) is 5.75 Å². The molecule has 0 aliphatic carbocycles. The zero-order valence-corrected chi connectivity index (χ0v) is 10.6. The summed E-state index contributed by atoms with van der Waals surface area (Å²) in [5.41, 5.74) is 0.298. The van der Waals surface area contributed by atoms with Crippen molar-refractivity contribution in [1.29, 1.82) is 0 Å². The number of aliphatic hydroxyl groups excluding tert-OH is 1. The quantitative estimate of drug-likeness (QED) is 0.821. The van der Waals surface area contributed by atoms with Crippen LogP contribution < -0.4 is 4.74 Å². The first-order valence-electron chi connectivity index (χ1n) is 5.70. The molecule has 0 unspecified atom stereocenters. The van der Waals surface area contributed by atoms with Crippen LogP contribution in [0.2, 0.25) is 0 Å². The Labute approximate surface area is 105 Å². The topological polar surface area (TPSA) is 55.8 Å². The second-order valence-electron chi connectivity index (χ2n) is 4.19. The summed E-state index contributed by atoms with van der Waals surface area (Å²) in [5, 5.41) is 9.48. The predicted octanol–water partition coefficient (Wildman–Crippen LogP) is 2.21. The maximum absolute atomic E-state index is 13.0. The maximum Gasteiger partial charge on any atom is 0.344 e. The standard InChI is InChI=1S/C13H17FO4/c1-8(2)18-13(16)7-17-12-5-4-10(14)6-11(12)9(3)15/h4-6,8-9,15H,7H2,1-3H3/t9-/m1/s1. The number of rotatable bonds is 5. The van der Waals surface area contributed by atoms with E-state index in [9.17, 15) is 14.3 Å². The van der Waals surface area contributed by atoms with E-state index in [1.165, 1.54) is 25.1 Å². The average Bonchev–Trinajstić information content (AvgIpc) is 2.26. The van der Waals surface area contributed by atoms with Crippen LogP contribution in [-0.2, 0) is 9.53 Å². The monoisotopic (exact) mass is 256 g/mol. The Morgan fingerprint density at radius 2 is 2.06 bits per heavy atom. The number of benzene rings is 1. The van der Waals surface area contributed by atoms with Gasteiger partial charge in [-0.1, -0.05) is 0 Å². The molecular weight excluding hydrogens is 239 g/mol. The van der Waals surface area contributed by atoms with Crippen molar-refractivity contribution in [2.75, 3.05) is 6.61 Å². The van der Waals surface area contributed by atoms with Crippen LogP contribution in [0.3, 0.4) is 0 Å². The normalized spacial score (nSPS) is 12.3. The van der Waals surface area contributed by atoms with Gasteiger partial charge in [-0.3, -0.25) is 0 Å². The summed E-state index contributed by atoms with van der Waals surface area (Å²) in [4.78, 5) is 11.3. The Morgan fingerprint density at radius 3 is 2.61 bits per heavy atom. The highest BCUT2D eigenvalue weighted by atomic mass is 19.1. The SMILES string of the molecule is CC(C)OC(=O)COc1ccc(F)cc1[C@@H](C)O. The lowest BCUT2D eigenvalue weighted by molar-refractivity contribution is -0.149. The Kier molecular flexibility index (Phi) is 5.09. The van der Waals surface area contributed by atoms with Gasteiger partial charge < -0.3 is 14.6 Å². The summed E-state index contributed by atoms with van der Waals surface area (Å²) >= 11 is 0. The molecule has 0 bridgehead atoms. The van der Waals surface area contributed by atoms with Crippen LogP contribution in [0.15, 0.2) is 18.2 Å². The molecule has 1 rings (SSSR count). The number of esters is 1. The van der Waals surface area contributed by atoms with Gasteiger partial charge in [0.2, 0.25) is 0 Å². The summed E-state index contributed by atoms with van der Waals surface area (Å²) in [5.74, 6) is -0.707. The Bertz CT molecular complexity index is 415. The molecule has 0 fully saturated rings. The van der Waals surface area contributed by atoms with E-state index in [2.05, 4.69) is 0 Å². The minimum Gasteiger partial charge on any atom is -0.482 e. The molecular formula is C13H17FO4. The summed E-state index contributed by atoms with van der Waals surface area (Å²) in [6.45, 7) is 4.69. The minimum atomic E-state index is -0.878. The van der Waals surface area contributed by atoms with Crippen molar-refractivity contribution in [3.63, 3.8) is 0 Å². The Balaban J connectivity index is 2.70. The third kappa shape index (κ3) is 4.33. The molecule has 1 atom stereocenters. The van der Waals surface area contributed by atoms with Crippen LogP contribution in [0.25, 0.3) is 0 Å². The summed E-state index contributed by atoms with van der Waals surface area (Å²) in [6.07, 6.45) is -1.10. The number of carbonyl (C=O) groups is 1. The number of hydrogen-bond donors (Lipinski definition) is 1. The third-order valence-corrected chi connectivity index (χ3v) is 2.13. The summed E-state index contributed by atoms with van der Waals surface area (Å²) < 4.78 is 23.1. The van der Waals surface area contributed by atoms with Crippen molar-refractivity contribution in [2.45, 2.75) is 33.0 Å². The van der Waals surface area contributed by atoms with E-state index in [-0.39, 0.29) is 18.5 Å². The highest BCUT2D eigenvalue weighted by molar-refractivity contribution is 5.71. The minimum absolute atomic E-state index is 0.217. The molecule has 4 nitrogen and oxygen atoms in total. The lowest BCUT2D eigenvalue weighted by Crippen LogP contribution is -2.19. The molecule has 1 aromatic rings. The molecule has 0 heterocycles. The molecule has 5 heteroatoms. The molecule has 100 valence electrons. The molecule has 1 N–H and O–H groups in total. The molecule has 0 spiro atoms. The van der Waals surface area contributed by atoms with Crippen molar-refractivity contribution in [3.05, 3.63) is 29.6 Å². The van der Waals surface area contributed by atoms with Crippen LogP contribution >= 0.6 is 0 Å². The molecule has 0 saturated heterocycles. The smallest absolute Gasteiger partial charge is 0.344 e. The maximum atomic E-state index is 13.0. The number of hydrogen-bond acceptors (Lipinski definition) is 4. The van der Waals surface area contributed by atoms with Crippen LogP contribution in [0.5, 0.6) is 5.75 Å². The van der Waals surface area contributed by atoms with Crippen molar-refractivity contribution >= 4 is 5.97 Å². The highest BCUT2D eigenvalue weighted by Crippen LogP contribution is 2.25. The van der Waals surface area contributed by atoms with E-state index < -0.39 is 17.9 Å². The predicted molar refractivity (Wildman–Crippen MR) is 63.8 cm³/mol. The molecule has 18 heavy (non-hydrogen) atoms. The first kappa shape index (κ1) is 14.4. The summed E-state index contributed by atoms with van der Waals surface area (Å²) in [7, 11) is 0. The van der Waals surface area contributed by atoms with Crippen molar-refractivity contribution < 1.29 is 23.8 Å². The first-order chi connectivity index (χ1) is 8.40. The van der Waals surface area contributed by atoms with E-state index in [0.717, 1.165) is 0 Å². The fraction of sp³-hybridized carbons (Fsp3) is 0.462. The van der Waals surface area contributed by atoms with Crippen LogP contribution in [0.1, 0.15) is 32.4 Å². The van der Waals surface area contributed by atoms with E-state index in [1.54, 1.807) is 13.8 Å². The van der Waals surface area contributed by atoms with Crippen molar-refractivity contribution in [1.82, 2.24) is 0 Å². The van der Waals surface area contributed by atoms with E-state index in [4.69, 9.17) is 9.47 Å². The third-order valence-electron chi connectivity index (χ3n) is 2.13. The second kappa shape index (κ2) is 6.35. The van der Waals surface area contributed by atoms with Crippen LogP contribution in [-0.4, -0.2) is 23.8 Å². The number of carbonyl (C=O) groups excluding carboxylic acids is 1. The van der Waals surface area contributed by atoms with Gasteiger partial charge in [-0.05, 0) is 39.0 Å². The zero-order valence-electron chi connectivity index (χ0n) is 10.6. The largest absolute Gasteiger partial charge is 0.482 e. The number of halogens is 1. The second-order valence-corrected chi connectivity index (χ2v) is 4.19. The van der Waals surface area contributed by atoms with Gasteiger partial charge in [-0.25, -0.2) is 9.18 Å². The van der Waals surface area contributed by atoms with Crippen LogP contribution in [0, 0.1) is 5.82 Å². The Morgan fingerprint density at radius 1 is 1.39 bits per heavy atom. The van der Waals surface area contributed by atoms with Gasteiger partial charge in [-0.15, -0.1) is 0 Å². The molecule has 0 radical (unpaired) electrons. The lowest BCUT2D eigenvalue weighted by atomic mass is 10.1. The van der Waals surface area contributed by atoms with Gasteiger partial charge in [0.1, 0.15) is 11.6 Å². The Hall–Kier alpha value is -1.62. The summed E-state index contributed by atoms with van der Waals surface area (Å²) in [6, 6.07) is 3.75. The fourth-order valence-electron chi connectivity index (χ4n) is 1.41. The van der Waals surface area contributed by atoms with E-state index >= 15 is 0 Å². The number of ether oxygens (including phenoxy) is 2. The number of aliphatic hydroxyl groups is 1. The lowest BCUT2D eigenvalue weighted by Gasteiger charge is -2.14. The molecule has 0 amide bonds. The van der Waals surface area contributed by atoms with Crippen LogP contribution in [0.4, 0.5) is 4.39 Å². The fourth-order valence-corrected chi connectivity index (χ4v) is 1.41. The van der Waals surface area contributed by atoms with Gasteiger partial charge in [-0.2, -0.15) is 0 Å². The molecule has 0 aliphatic heterocycles. The van der Waals surface area contributed by atoms with E-state index in [1.807, 2.05) is 0 Å². The van der Waals surface area contributed by atoms with Gasteiger partial charge in [0.15, 0.2) is 6.61 Å². The molecule has 0 aliphatic rings. The van der Waals surface area contributed by atoms with Gasteiger partial charge in [0.05, 0.1) is 12.2 Å². The zero-order chi connectivity index (χ0) is 13.7. The molecule has 0 saturated carbocycles. The first-order valence-corrected chi connectivity index (χ1v) is 5.70. The van der Waals surface area contributed by atoms with Gasteiger partial charge in [0.25, 0.3) is 0 Å². The average molecular weight is 256 g/mol.